The van der Waals surface area contributed by atoms with Crippen LogP contribution in [0.4, 0.5) is 20.2 Å². The van der Waals surface area contributed by atoms with Crippen LogP contribution in [0.1, 0.15) is 55.8 Å². The quantitative estimate of drug-likeness (QED) is 0.188. The van der Waals surface area contributed by atoms with Crippen molar-refractivity contribution >= 4 is 45.2 Å². The van der Waals surface area contributed by atoms with E-state index in [-0.39, 0.29) is 24.0 Å². The van der Waals surface area contributed by atoms with Crippen LogP contribution in [0.2, 0.25) is 5.02 Å². The number of pyridine rings is 1. The van der Waals surface area contributed by atoms with Gasteiger partial charge in [-0.3, -0.25) is 4.98 Å². The number of nitriles is 1. The summed E-state index contributed by atoms with van der Waals surface area (Å²) in [7, 11) is 0. The third kappa shape index (κ3) is 5.62. The summed E-state index contributed by atoms with van der Waals surface area (Å²) in [6.45, 7) is 8.79. The molecule has 1 atom stereocenters. The Morgan fingerprint density at radius 1 is 1.34 bits per heavy atom. The minimum absolute atomic E-state index is 0.0420. The number of alkyl halides is 2. The molecule has 1 saturated carbocycles. The molecule has 2 aromatic heterocycles. The summed E-state index contributed by atoms with van der Waals surface area (Å²) in [6.07, 6.45) is 0.837. The van der Waals surface area contributed by atoms with E-state index in [9.17, 15) is 14.0 Å². The lowest BCUT2D eigenvalue weighted by atomic mass is 9.96. The molecule has 1 aliphatic carbocycles. The van der Waals surface area contributed by atoms with Gasteiger partial charge in [0.2, 0.25) is 0 Å². The number of fused-ring (bicyclic) bond motifs is 1. The second kappa shape index (κ2) is 10.5. The molecule has 1 aliphatic rings. The number of hydrazine groups is 1. The number of aromatic nitrogens is 2. The van der Waals surface area contributed by atoms with Crippen LogP contribution in [0.5, 0.6) is 0 Å². The average molecular weight is 561 g/mol. The van der Waals surface area contributed by atoms with Crippen molar-refractivity contribution in [2.75, 3.05) is 17.2 Å². The third-order valence-corrected chi connectivity index (χ3v) is 7.57. The number of nitrogens with one attached hydrogen (secondary N) is 2. The maximum Gasteiger partial charge on any atom is 0.262 e. The minimum Gasteiger partial charge on any atom is -0.399 e. The maximum absolute atomic E-state index is 13.6. The van der Waals surface area contributed by atoms with E-state index in [1.165, 1.54) is 23.7 Å². The van der Waals surface area contributed by atoms with Crippen LogP contribution in [-0.4, -0.2) is 33.5 Å². The molecule has 0 bridgehead atoms. The largest absolute Gasteiger partial charge is 0.399 e. The normalized spacial score (nSPS) is 15.8. The number of anilines is 2. The van der Waals surface area contributed by atoms with Gasteiger partial charge in [-0.1, -0.05) is 32.4 Å². The predicted octanol–water partition coefficient (Wildman–Crippen LogP) is 5.91. The van der Waals surface area contributed by atoms with Gasteiger partial charge in [-0.2, -0.15) is 5.26 Å². The fourth-order valence-corrected chi connectivity index (χ4v) is 5.00. The van der Waals surface area contributed by atoms with Gasteiger partial charge in [0.15, 0.2) is 0 Å². The van der Waals surface area contributed by atoms with Crippen molar-refractivity contribution in [3.63, 3.8) is 0 Å². The zero-order chi connectivity index (χ0) is 27.8. The summed E-state index contributed by atoms with van der Waals surface area (Å²) in [6, 6.07) is 5.07. The number of nitrogens with two attached hydrogens (primary N) is 2. The fourth-order valence-electron chi connectivity index (χ4n) is 4.12. The molecule has 0 amide bonds. The number of thiazole rings is 1. The zero-order valence-corrected chi connectivity index (χ0v) is 23.2. The average Bonchev–Trinajstić information content (AvgIpc) is 3.56. The molecule has 202 valence electrons. The first-order valence-corrected chi connectivity index (χ1v) is 13.3. The first kappa shape index (κ1) is 27.8. The van der Waals surface area contributed by atoms with Gasteiger partial charge < -0.3 is 21.4 Å². The number of benzene rings is 1. The molecule has 1 fully saturated rings. The summed E-state index contributed by atoms with van der Waals surface area (Å²) in [5, 5.41) is 18.5. The monoisotopic (exact) mass is 560 g/mol. The van der Waals surface area contributed by atoms with E-state index in [0.29, 0.717) is 45.1 Å². The third-order valence-electron chi connectivity index (χ3n) is 6.51. The summed E-state index contributed by atoms with van der Waals surface area (Å²) < 4.78 is 27.2. The number of rotatable bonds is 9. The molecule has 0 saturated heterocycles. The molecule has 0 radical (unpaired) electrons. The van der Waals surface area contributed by atoms with Gasteiger partial charge in [0.1, 0.15) is 17.6 Å². The lowest BCUT2D eigenvalue weighted by molar-refractivity contribution is 0.0305. The Morgan fingerprint density at radius 3 is 2.61 bits per heavy atom. The molecule has 8 nitrogen and oxygen atoms in total. The predicted molar refractivity (Wildman–Crippen MR) is 149 cm³/mol. The van der Waals surface area contributed by atoms with Crippen LogP contribution in [0.15, 0.2) is 35.7 Å². The highest BCUT2D eigenvalue weighted by molar-refractivity contribution is 7.09. The van der Waals surface area contributed by atoms with Crippen molar-refractivity contribution in [3.8, 4) is 6.07 Å². The molecule has 0 aliphatic heterocycles. The molecule has 12 heteroatoms. The van der Waals surface area contributed by atoms with E-state index >= 15 is 0 Å². The standard InChI is InChI=1S/C26H31ClF2N8S/c1-14-20(35-13-38-14)23(19(31)11-37(32)26(5-6-26)24(28)29)36-16-7-17-21(34-12-25(2,3)4)15(9-30)10-33-22(17)18(27)8-16/h7-8,10-11,13,23-24,36H,5-6,12,31-32H2,1-4H3,(H,33,34)/b19-11-. The molecule has 0 spiro atoms. The fraction of sp³-hybridized carbons (Fsp3) is 0.423. The number of halogens is 3. The zero-order valence-electron chi connectivity index (χ0n) is 21.6. The van der Waals surface area contributed by atoms with Crippen LogP contribution in [0.25, 0.3) is 10.9 Å². The molecule has 1 unspecified atom stereocenters. The van der Waals surface area contributed by atoms with Gasteiger partial charge in [-0.05, 0) is 37.3 Å². The summed E-state index contributed by atoms with van der Waals surface area (Å²) in [5.41, 5.74) is 9.74. The van der Waals surface area contributed by atoms with Gasteiger partial charge in [-0.25, -0.2) is 19.6 Å². The van der Waals surface area contributed by atoms with E-state index in [4.69, 9.17) is 23.2 Å². The lowest BCUT2D eigenvalue weighted by Crippen LogP contribution is -2.44. The molecular formula is C26H31ClF2N8S. The number of hydrogen-bond donors (Lipinski definition) is 4. The molecule has 38 heavy (non-hydrogen) atoms. The second-order valence-corrected chi connectivity index (χ2v) is 12.2. The van der Waals surface area contributed by atoms with Crippen LogP contribution in [0, 0.1) is 23.7 Å². The highest BCUT2D eigenvalue weighted by atomic mass is 35.5. The van der Waals surface area contributed by atoms with Crippen molar-refractivity contribution in [1.82, 2.24) is 15.0 Å². The van der Waals surface area contributed by atoms with Crippen molar-refractivity contribution in [3.05, 3.63) is 56.9 Å². The van der Waals surface area contributed by atoms with Crippen LogP contribution < -0.4 is 22.2 Å². The Balaban J connectivity index is 1.76. The molecule has 3 aromatic rings. The van der Waals surface area contributed by atoms with Gasteiger partial charge in [-0.15, -0.1) is 11.3 Å². The van der Waals surface area contributed by atoms with Crippen molar-refractivity contribution in [2.24, 2.45) is 17.0 Å². The molecule has 1 aromatic carbocycles. The number of nitrogens with zero attached hydrogens (tertiary/aromatic N) is 4. The SMILES string of the molecule is Cc1scnc1C(Nc1cc(Cl)c2ncc(C#N)c(NCC(C)(C)C)c2c1)/C(N)=C/N(N)C1(C(F)F)CC1. The van der Waals surface area contributed by atoms with E-state index in [1.807, 2.05) is 13.0 Å². The highest BCUT2D eigenvalue weighted by Crippen LogP contribution is 2.46. The smallest absolute Gasteiger partial charge is 0.262 e. The topological polar surface area (TPSA) is 129 Å². The molecular weight excluding hydrogens is 530 g/mol. The first-order valence-electron chi connectivity index (χ1n) is 12.1. The molecule has 2 heterocycles. The van der Waals surface area contributed by atoms with Gasteiger partial charge in [0.05, 0.1) is 38.7 Å². The second-order valence-electron chi connectivity index (χ2n) is 10.7. The Labute approximate surface area is 229 Å². The van der Waals surface area contributed by atoms with E-state index in [0.717, 1.165) is 9.89 Å². The highest BCUT2D eigenvalue weighted by Gasteiger charge is 2.54. The summed E-state index contributed by atoms with van der Waals surface area (Å²) >= 11 is 8.09. The lowest BCUT2D eigenvalue weighted by Gasteiger charge is -2.28. The number of hydrogen-bond acceptors (Lipinski definition) is 9. The summed E-state index contributed by atoms with van der Waals surface area (Å²) in [4.78, 5) is 9.78. The molecule has 6 N–H and O–H groups in total. The minimum atomic E-state index is -2.59. The van der Waals surface area contributed by atoms with Gasteiger partial charge in [0, 0.05) is 34.9 Å². The van der Waals surface area contributed by atoms with Gasteiger partial charge >= 0.3 is 0 Å². The van der Waals surface area contributed by atoms with Crippen molar-refractivity contribution in [1.29, 1.82) is 5.26 Å². The summed E-state index contributed by atoms with van der Waals surface area (Å²) in [5.74, 6) is 6.04. The Morgan fingerprint density at radius 2 is 2.05 bits per heavy atom. The maximum atomic E-state index is 13.6. The van der Waals surface area contributed by atoms with E-state index in [1.54, 1.807) is 11.6 Å². The Hall–Kier alpha value is -3.20. The first-order chi connectivity index (χ1) is 17.9. The Bertz CT molecular complexity index is 1400. The van der Waals surface area contributed by atoms with E-state index in [2.05, 4.69) is 47.4 Å². The van der Waals surface area contributed by atoms with Crippen molar-refractivity contribution in [2.45, 2.75) is 58.5 Å². The Kier molecular flexibility index (Phi) is 7.70. The van der Waals surface area contributed by atoms with Gasteiger partial charge in [0.25, 0.3) is 6.43 Å². The van der Waals surface area contributed by atoms with Crippen LogP contribution >= 0.6 is 22.9 Å². The van der Waals surface area contributed by atoms with Crippen molar-refractivity contribution < 1.29 is 8.78 Å². The van der Waals surface area contributed by atoms with Crippen LogP contribution in [-0.2, 0) is 0 Å². The number of aryl methyl sites for hydroxylation is 1. The molecule has 4 rings (SSSR count). The van der Waals surface area contributed by atoms with E-state index < -0.39 is 18.0 Å². The van der Waals surface area contributed by atoms with Crippen LogP contribution in [0.3, 0.4) is 0 Å².